The van der Waals surface area contributed by atoms with Crippen molar-refractivity contribution in [1.29, 1.82) is 0 Å². The van der Waals surface area contributed by atoms with Gasteiger partial charge in [0, 0.05) is 50.7 Å². The normalized spacial score (nSPS) is 7.40. The van der Waals surface area contributed by atoms with Gasteiger partial charge >= 0.3 is 0 Å². The summed E-state index contributed by atoms with van der Waals surface area (Å²) in [7, 11) is 0. The molecule has 0 aromatic carbocycles. The van der Waals surface area contributed by atoms with Gasteiger partial charge in [0.2, 0.25) is 0 Å². The molecule has 1 aromatic heterocycles. The van der Waals surface area contributed by atoms with Crippen molar-refractivity contribution >= 4 is 0 Å². The zero-order chi connectivity index (χ0) is 5.98. The van der Waals surface area contributed by atoms with E-state index in [1.807, 2.05) is 13.8 Å². The average Bonchev–Trinajstić information content (AvgIpc) is 1.64. The van der Waals surface area contributed by atoms with Crippen molar-refractivity contribution in [3.63, 3.8) is 0 Å². The fourth-order valence-electron chi connectivity index (χ4n) is 0.454. The maximum absolute atomic E-state index is 3.92. The third-order valence-corrected chi connectivity index (χ3v) is 0.747. The second-order valence-corrected chi connectivity index (χ2v) is 1.53. The summed E-state index contributed by atoms with van der Waals surface area (Å²) >= 11 is 0. The van der Waals surface area contributed by atoms with Gasteiger partial charge in [-0.05, 0) is 0 Å². The number of nitrogens with zero attached hydrogens (tertiary/aromatic N) is 3. The van der Waals surface area contributed by atoms with E-state index in [0.717, 1.165) is 11.6 Å². The molecule has 0 aliphatic rings. The number of hydrogen-bond donors (Lipinski definition) is 0. The molecule has 0 saturated heterocycles. The average molecular weight is 212 g/mol. The van der Waals surface area contributed by atoms with Crippen molar-refractivity contribution in [3.8, 4) is 0 Å². The Kier molecular flexibility index (Phi) is 7.49. The first-order chi connectivity index (χ1) is 3.79. The Morgan fingerprint density at radius 3 is 1.70 bits per heavy atom. The van der Waals surface area contributed by atoms with Crippen LogP contribution in [-0.2, 0) is 32.7 Å². The van der Waals surface area contributed by atoms with Gasteiger partial charge in [-0.25, -0.2) is 0 Å². The Bertz CT molecular complexity index is 173. The first-order valence-corrected chi connectivity index (χ1v) is 2.34. The van der Waals surface area contributed by atoms with Crippen LogP contribution in [0, 0.1) is 27.6 Å². The predicted molar refractivity (Wildman–Crippen MR) is 34.6 cm³/mol. The Labute approximate surface area is 86.6 Å². The van der Waals surface area contributed by atoms with Gasteiger partial charge in [0.25, 0.3) is 0 Å². The minimum Gasteiger partial charge on any atom is -0.358 e. The van der Waals surface area contributed by atoms with E-state index in [1.54, 1.807) is 0 Å². The Balaban J connectivity index is 0. The summed E-state index contributed by atoms with van der Waals surface area (Å²) < 4.78 is 0. The minimum atomic E-state index is 0. The van der Waals surface area contributed by atoms with Gasteiger partial charge in [0.15, 0.2) is 0 Å². The van der Waals surface area contributed by atoms with Crippen LogP contribution >= 0.6 is 0 Å². The van der Waals surface area contributed by atoms with Crippen molar-refractivity contribution < 1.29 is 32.7 Å². The molecule has 1 aromatic rings. The molecule has 0 saturated carbocycles. The van der Waals surface area contributed by atoms with Gasteiger partial charge in [0.05, 0.1) is 0 Å². The first-order valence-electron chi connectivity index (χ1n) is 2.34. The number of hydrogen-bond acceptors (Lipinski definition) is 3. The molecule has 0 N–H and O–H groups in total. The predicted octanol–water partition coefficient (Wildman–Crippen LogP) is 0.736. The summed E-state index contributed by atoms with van der Waals surface area (Å²) in [5, 5.41) is 0. The third-order valence-electron chi connectivity index (χ3n) is 0.747. The van der Waals surface area contributed by atoms with E-state index in [9.17, 15) is 0 Å². The van der Waals surface area contributed by atoms with Crippen molar-refractivity contribution in [2.45, 2.75) is 13.8 Å². The van der Waals surface area contributed by atoms with Gasteiger partial charge in [-0.15, -0.1) is 0 Å². The Morgan fingerprint density at radius 2 is 1.50 bits per heavy atom. The fourth-order valence-corrected chi connectivity index (χ4v) is 0.454. The summed E-state index contributed by atoms with van der Waals surface area (Å²) in [4.78, 5) is 11.3. The van der Waals surface area contributed by atoms with E-state index in [1.165, 1.54) is 0 Å². The van der Waals surface area contributed by atoms with E-state index >= 15 is 0 Å². The maximum Gasteiger partial charge on any atom is 0.0247 e. The fraction of sp³-hybridized carbons (Fsp3) is 0.333. The molecule has 53 valence electrons. The van der Waals surface area contributed by atoms with E-state index in [-0.39, 0.29) is 40.1 Å². The van der Waals surface area contributed by atoms with Gasteiger partial charge in [-0.1, -0.05) is 13.8 Å². The van der Waals surface area contributed by atoms with Gasteiger partial charge in [-0.3, -0.25) is 0 Å². The molecule has 1 heterocycles. The summed E-state index contributed by atoms with van der Waals surface area (Å²) in [6, 6.07) is 0. The van der Waals surface area contributed by atoms with Crippen molar-refractivity contribution in [1.82, 2.24) is 15.0 Å². The van der Waals surface area contributed by atoms with Crippen LogP contribution in [0.2, 0.25) is 0 Å². The monoisotopic (exact) mass is 212 g/mol. The number of aromatic nitrogens is 3. The quantitative estimate of drug-likeness (QED) is 0.595. The van der Waals surface area contributed by atoms with Crippen molar-refractivity contribution in [2.24, 2.45) is 0 Å². The van der Waals surface area contributed by atoms with Crippen LogP contribution in [0.4, 0.5) is 0 Å². The molecule has 10 heavy (non-hydrogen) atoms. The standard InChI is InChI=1S/C5H6N3.CH3.Y/c1-4-6-3-7-5(2)8-4;;/h1-2H3;1H3;/q2*-1;. The van der Waals surface area contributed by atoms with Crippen LogP contribution < -0.4 is 0 Å². The minimum absolute atomic E-state index is 0. The summed E-state index contributed by atoms with van der Waals surface area (Å²) in [5.41, 5.74) is 0. The molecule has 1 rings (SSSR count). The van der Waals surface area contributed by atoms with Crippen LogP contribution in [0.15, 0.2) is 0 Å². The first kappa shape index (κ1) is 12.8. The van der Waals surface area contributed by atoms with Gasteiger partial charge in [-0.2, -0.15) is 0 Å². The van der Waals surface area contributed by atoms with Crippen LogP contribution in [0.1, 0.15) is 11.6 Å². The van der Waals surface area contributed by atoms with E-state index in [4.69, 9.17) is 0 Å². The van der Waals surface area contributed by atoms with Gasteiger partial charge < -0.3 is 22.4 Å². The molecule has 0 bridgehead atoms. The largest absolute Gasteiger partial charge is 0.358 e. The molecule has 0 atom stereocenters. The van der Waals surface area contributed by atoms with Crippen LogP contribution in [0.25, 0.3) is 0 Å². The summed E-state index contributed by atoms with van der Waals surface area (Å²) in [5.74, 6) is 1.44. The van der Waals surface area contributed by atoms with E-state index < -0.39 is 0 Å². The molecular weight excluding hydrogens is 203 g/mol. The molecule has 0 aliphatic heterocycles. The maximum atomic E-state index is 3.92. The molecule has 3 nitrogen and oxygen atoms in total. The molecule has 0 amide bonds. The van der Waals surface area contributed by atoms with Crippen molar-refractivity contribution in [2.75, 3.05) is 0 Å². The molecule has 4 heteroatoms. The van der Waals surface area contributed by atoms with Crippen LogP contribution in [0.3, 0.4) is 0 Å². The van der Waals surface area contributed by atoms with Gasteiger partial charge in [0.1, 0.15) is 0 Å². The second kappa shape index (κ2) is 5.87. The molecular formula is C6H9N3Y-2. The SMILES string of the molecule is Cc1n[c-]nc(C)n1.[CH3-].[Y]. The molecule has 0 spiro atoms. The molecule has 0 fully saturated rings. The topological polar surface area (TPSA) is 38.7 Å². The van der Waals surface area contributed by atoms with Crippen molar-refractivity contribution in [3.05, 3.63) is 25.4 Å². The molecule has 0 unspecified atom stereocenters. The zero-order valence-corrected chi connectivity index (χ0v) is 9.26. The Hall–Kier alpha value is 0.114. The smallest absolute Gasteiger partial charge is 0.0247 e. The Morgan fingerprint density at radius 1 is 1.10 bits per heavy atom. The molecule has 0 aliphatic carbocycles. The zero-order valence-electron chi connectivity index (χ0n) is 6.42. The number of rotatable bonds is 0. The third kappa shape index (κ3) is 4.01. The number of aryl methyl sites for hydroxylation is 2. The van der Waals surface area contributed by atoms with Crippen LogP contribution in [-0.4, -0.2) is 15.0 Å². The summed E-state index contributed by atoms with van der Waals surface area (Å²) in [6.07, 6.45) is 2.47. The second-order valence-electron chi connectivity index (χ2n) is 1.53. The molecule has 1 radical (unpaired) electrons. The summed E-state index contributed by atoms with van der Waals surface area (Å²) in [6.45, 7) is 3.62. The van der Waals surface area contributed by atoms with Crippen LogP contribution in [0.5, 0.6) is 0 Å². The van der Waals surface area contributed by atoms with E-state index in [2.05, 4.69) is 21.3 Å². The van der Waals surface area contributed by atoms with E-state index in [0.29, 0.717) is 0 Å².